The molecule has 5 heteroatoms. The van der Waals surface area contributed by atoms with Crippen LogP contribution in [-0.2, 0) is 12.8 Å². The number of benzene rings is 1. The number of hydrogen-bond acceptors (Lipinski definition) is 5. The highest BCUT2D eigenvalue weighted by atomic mass is 16.5. The smallest absolute Gasteiger partial charge is 0.163 e. The van der Waals surface area contributed by atoms with E-state index in [0.29, 0.717) is 12.6 Å². The van der Waals surface area contributed by atoms with Crippen molar-refractivity contribution in [1.29, 1.82) is 0 Å². The van der Waals surface area contributed by atoms with E-state index in [9.17, 15) is 0 Å². The number of aryl methyl sites for hydroxylation is 1. The maximum absolute atomic E-state index is 6.21. The van der Waals surface area contributed by atoms with Crippen molar-refractivity contribution in [3.63, 3.8) is 0 Å². The number of nitrogens with zero attached hydrogens (tertiary/aromatic N) is 2. The second-order valence-corrected chi connectivity index (χ2v) is 10.2. The maximum Gasteiger partial charge on any atom is 0.163 e. The second-order valence-electron chi connectivity index (χ2n) is 10.2. The molecule has 2 aliphatic carbocycles. The van der Waals surface area contributed by atoms with Gasteiger partial charge in [-0.3, -0.25) is 0 Å². The molecule has 0 radical (unpaired) electrons. The van der Waals surface area contributed by atoms with Crippen molar-refractivity contribution < 1.29 is 9.47 Å². The Hall–Kier alpha value is -2.01. The molecule has 5 nitrogen and oxygen atoms in total. The number of likely N-dealkylation sites (tertiary alicyclic amines) is 1. The number of ether oxygens (including phenoxy) is 2. The summed E-state index contributed by atoms with van der Waals surface area (Å²) in [5.74, 6) is 3.58. The number of hydrogen-bond donors (Lipinski definition) is 1. The Balaban J connectivity index is 1.37. The van der Waals surface area contributed by atoms with Gasteiger partial charge in [-0.2, -0.15) is 0 Å². The van der Waals surface area contributed by atoms with Gasteiger partial charge in [0.15, 0.2) is 11.5 Å². The Morgan fingerprint density at radius 1 is 1.03 bits per heavy atom. The predicted octanol–water partition coefficient (Wildman–Crippen LogP) is 5.59. The molecule has 1 saturated carbocycles. The fourth-order valence-electron chi connectivity index (χ4n) is 6.00. The van der Waals surface area contributed by atoms with Crippen LogP contribution in [0, 0.1) is 5.92 Å². The summed E-state index contributed by atoms with van der Waals surface area (Å²) < 4.78 is 11.9. The van der Waals surface area contributed by atoms with Gasteiger partial charge in [0.25, 0.3) is 0 Å². The van der Waals surface area contributed by atoms with E-state index in [2.05, 4.69) is 29.3 Å². The first-order valence-electron chi connectivity index (χ1n) is 12.9. The molecule has 0 bridgehead atoms. The Morgan fingerprint density at radius 3 is 2.69 bits per heavy atom. The zero-order chi connectivity index (χ0) is 21.9. The van der Waals surface area contributed by atoms with Gasteiger partial charge in [-0.1, -0.05) is 19.8 Å². The molecule has 2 aromatic rings. The second kappa shape index (κ2) is 9.86. The monoisotopic (exact) mass is 437 g/mol. The highest BCUT2D eigenvalue weighted by Gasteiger charge is 2.25. The minimum absolute atomic E-state index is 0.549. The molecule has 0 unspecified atom stereocenters. The van der Waals surface area contributed by atoms with Gasteiger partial charge < -0.3 is 19.7 Å². The molecule has 32 heavy (non-hydrogen) atoms. The predicted molar refractivity (Wildman–Crippen MR) is 131 cm³/mol. The van der Waals surface area contributed by atoms with Gasteiger partial charge in [0.2, 0.25) is 0 Å². The normalized spacial score (nSPS) is 23.4. The molecule has 174 valence electrons. The van der Waals surface area contributed by atoms with Crippen molar-refractivity contribution in [3.8, 4) is 11.5 Å². The van der Waals surface area contributed by atoms with E-state index in [-0.39, 0.29) is 0 Å². The molecule has 1 aromatic carbocycles. The van der Waals surface area contributed by atoms with Crippen LogP contribution >= 0.6 is 0 Å². The number of rotatable bonds is 8. The van der Waals surface area contributed by atoms with E-state index in [1.165, 1.54) is 74.5 Å². The first-order valence-corrected chi connectivity index (χ1v) is 12.9. The topological polar surface area (TPSA) is 46.6 Å². The lowest BCUT2D eigenvalue weighted by atomic mass is 9.87. The van der Waals surface area contributed by atoms with Crippen molar-refractivity contribution in [3.05, 3.63) is 23.3 Å². The van der Waals surface area contributed by atoms with E-state index in [4.69, 9.17) is 14.5 Å². The molecule has 2 fully saturated rings. The molecule has 3 aliphatic rings. The molecule has 1 N–H and O–H groups in total. The molecule has 1 aromatic heterocycles. The molecule has 5 rings (SSSR count). The summed E-state index contributed by atoms with van der Waals surface area (Å²) in [6, 6.07) is 4.82. The summed E-state index contributed by atoms with van der Waals surface area (Å²) in [4.78, 5) is 7.68. The number of aromatic nitrogens is 1. The van der Waals surface area contributed by atoms with E-state index >= 15 is 0 Å². The first-order chi connectivity index (χ1) is 15.7. The Labute approximate surface area is 192 Å². The molecular formula is C27H39N3O2. The summed E-state index contributed by atoms with van der Waals surface area (Å²) in [5.41, 5.74) is 3.92. The summed E-state index contributed by atoms with van der Waals surface area (Å²) in [7, 11) is 1.74. The molecule has 1 saturated heterocycles. The van der Waals surface area contributed by atoms with Crippen LogP contribution < -0.4 is 14.8 Å². The van der Waals surface area contributed by atoms with Crippen LogP contribution in [-0.4, -0.2) is 49.3 Å². The van der Waals surface area contributed by atoms with E-state index in [0.717, 1.165) is 54.6 Å². The van der Waals surface area contributed by atoms with Gasteiger partial charge in [-0.25, -0.2) is 4.98 Å². The zero-order valence-electron chi connectivity index (χ0n) is 19.9. The number of fused-ring (bicyclic) bond motifs is 3. The molecule has 2 heterocycles. The SMILES string of the molecule is COc1cc2c3c(c(N[C@H]4CCC[C@H](C)C4)nc2cc1OCCCN1CCCC1)CCC3. The quantitative estimate of drug-likeness (QED) is 0.546. The third-order valence-electron chi connectivity index (χ3n) is 7.70. The van der Waals surface area contributed by atoms with Crippen LogP contribution in [0.2, 0.25) is 0 Å². The summed E-state index contributed by atoms with van der Waals surface area (Å²) in [6.45, 7) is 6.70. The lowest BCUT2D eigenvalue weighted by Crippen LogP contribution is -2.27. The van der Waals surface area contributed by atoms with Crippen molar-refractivity contribution >= 4 is 16.7 Å². The molecule has 0 amide bonds. The Bertz CT molecular complexity index is 938. The lowest BCUT2D eigenvalue weighted by Gasteiger charge is -2.29. The lowest BCUT2D eigenvalue weighted by molar-refractivity contribution is 0.254. The Kier molecular flexibility index (Phi) is 6.72. The number of pyridine rings is 1. The van der Waals surface area contributed by atoms with Gasteiger partial charge in [0.1, 0.15) is 5.82 Å². The van der Waals surface area contributed by atoms with Crippen LogP contribution in [0.4, 0.5) is 5.82 Å². The zero-order valence-corrected chi connectivity index (χ0v) is 19.9. The van der Waals surface area contributed by atoms with E-state index < -0.39 is 0 Å². The summed E-state index contributed by atoms with van der Waals surface area (Å²) in [5, 5.41) is 5.08. The van der Waals surface area contributed by atoms with Gasteiger partial charge in [0, 0.05) is 24.0 Å². The van der Waals surface area contributed by atoms with E-state index in [1.54, 1.807) is 7.11 Å². The first kappa shape index (κ1) is 21.8. The maximum atomic E-state index is 6.21. The van der Waals surface area contributed by atoms with Crippen molar-refractivity contribution in [2.75, 3.05) is 38.7 Å². The highest BCUT2D eigenvalue weighted by Crippen LogP contribution is 2.40. The summed E-state index contributed by atoms with van der Waals surface area (Å²) in [6.07, 6.45) is 12.4. The molecule has 2 atom stereocenters. The third-order valence-corrected chi connectivity index (χ3v) is 7.70. The van der Waals surface area contributed by atoms with Gasteiger partial charge in [-0.05, 0) is 87.6 Å². The van der Waals surface area contributed by atoms with E-state index in [1.807, 2.05) is 0 Å². The fraction of sp³-hybridized carbons (Fsp3) is 0.667. The number of anilines is 1. The van der Waals surface area contributed by atoms with Crippen LogP contribution in [0.15, 0.2) is 12.1 Å². The van der Waals surface area contributed by atoms with Crippen molar-refractivity contribution in [2.24, 2.45) is 5.92 Å². The standard InChI is InChI=1S/C27H39N3O2/c1-19-8-5-9-20(16-19)28-27-22-11-6-10-21(22)23-17-25(31-2)26(18-24(23)29-27)32-15-7-14-30-12-3-4-13-30/h17-20H,3-16H2,1-2H3,(H,28,29)/t19-,20-/m0/s1. The molecular weight excluding hydrogens is 398 g/mol. The fourth-order valence-corrected chi connectivity index (χ4v) is 6.00. The summed E-state index contributed by atoms with van der Waals surface area (Å²) >= 11 is 0. The van der Waals surface area contributed by atoms with Crippen molar-refractivity contribution in [1.82, 2.24) is 9.88 Å². The van der Waals surface area contributed by atoms with Crippen molar-refractivity contribution in [2.45, 2.75) is 77.2 Å². The average Bonchev–Trinajstić information content (AvgIpc) is 3.49. The van der Waals surface area contributed by atoms with Crippen LogP contribution in [0.5, 0.6) is 11.5 Å². The number of methoxy groups -OCH3 is 1. The van der Waals surface area contributed by atoms with Gasteiger partial charge in [-0.15, -0.1) is 0 Å². The minimum Gasteiger partial charge on any atom is -0.493 e. The van der Waals surface area contributed by atoms with Crippen LogP contribution in [0.1, 0.15) is 69.4 Å². The van der Waals surface area contributed by atoms with Crippen LogP contribution in [0.25, 0.3) is 10.9 Å². The average molecular weight is 438 g/mol. The van der Waals surface area contributed by atoms with Gasteiger partial charge in [0.05, 0.1) is 19.2 Å². The highest BCUT2D eigenvalue weighted by molar-refractivity contribution is 5.89. The third kappa shape index (κ3) is 4.68. The van der Waals surface area contributed by atoms with Crippen LogP contribution in [0.3, 0.4) is 0 Å². The molecule has 1 aliphatic heterocycles. The molecule has 0 spiro atoms. The number of nitrogens with one attached hydrogen (secondary N) is 1. The van der Waals surface area contributed by atoms with Gasteiger partial charge >= 0.3 is 0 Å². The Morgan fingerprint density at radius 2 is 1.88 bits per heavy atom. The largest absolute Gasteiger partial charge is 0.493 e. The minimum atomic E-state index is 0.549.